The van der Waals surface area contributed by atoms with Gasteiger partial charge in [0.05, 0.1) is 18.4 Å². The van der Waals surface area contributed by atoms with Crippen LogP contribution in [0.4, 0.5) is 0 Å². The normalized spacial score (nSPS) is 29.0. The van der Waals surface area contributed by atoms with Gasteiger partial charge in [0.25, 0.3) is 0 Å². The van der Waals surface area contributed by atoms with Crippen LogP contribution in [0.25, 0.3) is 0 Å². The van der Waals surface area contributed by atoms with Crippen molar-refractivity contribution in [3.8, 4) is 0 Å². The second-order valence-electron chi connectivity index (χ2n) is 3.70. The minimum atomic E-state index is 0.439. The van der Waals surface area contributed by atoms with E-state index in [-0.39, 0.29) is 0 Å². The Balaban J connectivity index is 2.11. The summed E-state index contributed by atoms with van der Waals surface area (Å²) in [6.45, 7) is 0.756. The van der Waals surface area contributed by atoms with Crippen LogP contribution >= 0.6 is 0 Å². The van der Waals surface area contributed by atoms with Crippen molar-refractivity contribution < 1.29 is 0 Å². The molecule has 1 aliphatic carbocycles. The first-order valence-corrected chi connectivity index (χ1v) is 4.97. The van der Waals surface area contributed by atoms with Crippen LogP contribution in [0.3, 0.4) is 0 Å². The van der Waals surface area contributed by atoms with E-state index in [0.29, 0.717) is 12.0 Å². The highest BCUT2D eigenvalue weighted by Crippen LogP contribution is 2.31. The van der Waals surface area contributed by atoms with Crippen molar-refractivity contribution in [2.24, 2.45) is 11.7 Å². The molecule has 2 rings (SSSR count). The molecule has 0 saturated heterocycles. The quantitative estimate of drug-likeness (QED) is 0.737. The highest BCUT2D eigenvalue weighted by molar-refractivity contribution is 4.79. The summed E-state index contributed by atoms with van der Waals surface area (Å²) in [6, 6.07) is 0.439. The van der Waals surface area contributed by atoms with Gasteiger partial charge in [-0.25, -0.2) is 0 Å². The van der Waals surface area contributed by atoms with Gasteiger partial charge >= 0.3 is 0 Å². The van der Waals surface area contributed by atoms with E-state index in [9.17, 15) is 0 Å². The van der Waals surface area contributed by atoms with Crippen molar-refractivity contribution in [3.05, 3.63) is 12.4 Å². The largest absolute Gasteiger partial charge is 0.330 e. The van der Waals surface area contributed by atoms with Gasteiger partial charge in [-0.2, -0.15) is 15.0 Å². The van der Waals surface area contributed by atoms with E-state index in [1.165, 1.54) is 25.7 Å². The van der Waals surface area contributed by atoms with E-state index in [2.05, 4.69) is 10.2 Å². The van der Waals surface area contributed by atoms with Crippen molar-refractivity contribution in [1.29, 1.82) is 0 Å². The zero-order valence-corrected chi connectivity index (χ0v) is 7.76. The average molecular weight is 180 g/mol. The van der Waals surface area contributed by atoms with Crippen molar-refractivity contribution in [2.45, 2.75) is 31.7 Å². The molecule has 0 spiro atoms. The van der Waals surface area contributed by atoms with Crippen LogP contribution in [0.5, 0.6) is 0 Å². The van der Waals surface area contributed by atoms with Crippen LogP contribution in [0.15, 0.2) is 12.4 Å². The van der Waals surface area contributed by atoms with Gasteiger partial charge in [-0.15, -0.1) is 0 Å². The van der Waals surface area contributed by atoms with Crippen molar-refractivity contribution in [3.63, 3.8) is 0 Å². The van der Waals surface area contributed by atoms with E-state index >= 15 is 0 Å². The molecule has 0 bridgehead atoms. The molecule has 4 heteroatoms. The lowest BCUT2D eigenvalue weighted by Gasteiger charge is -2.29. The summed E-state index contributed by atoms with van der Waals surface area (Å²) < 4.78 is 0. The van der Waals surface area contributed by atoms with Gasteiger partial charge in [0.1, 0.15) is 0 Å². The third kappa shape index (κ3) is 1.72. The van der Waals surface area contributed by atoms with Crippen LogP contribution in [0.1, 0.15) is 31.7 Å². The van der Waals surface area contributed by atoms with Gasteiger partial charge in [-0.3, -0.25) is 0 Å². The fourth-order valence-electron chi connectivity index (χ4n) is 2.16. The second kappa shape index (κ2) is 3.87. The lowest BCUT2D eigenvalue weighted by molar-refractivity contribution is 0.210. The van der Waals surface area contributed by atoms with Crippen molar-refractivity contribution in [2.75, 3.05) is 6.54 Å². The fraction of sp³-hybridized carbons (Fsp3) is 0.778. The van der Waals surface area contributed by atoms with E-state index in [1.807, 2.05) is 4.80 Å². The maximum atomic E-state index is 5.73. The van der Waals surface area contributed by atoms with Crippen LogP contribution in [0, 0.1) is 5.92 Å². The van der Waals surface area contributed by atoms with Gasteiger partial charge in [0.15, 0.2) is 0 Å². The molecule has 1 aromatic rings. The number of rotatable bonds is 2. The molecule has 0 aliphatic heterocycles. The average Bonchev–Trinajstić information content (AvgIpc) is 2.70. The van der Waals surface area contributed by atoms with Gasteiger partial charge in [-0.1, -0.05) is 12.8 Å². The van der Waals surface area contributed by atoms with E-state index in [1.54, 1.807) is 12.4 Å². The Hall–Kier alpha value is -0.900. The lowest BCUT2D eigenvalue weighted by atomic mass is 9.85. The summed E-state index contributed by atoms with van der Waals surface area (Å²) in [6.07, 6.45) is 8.46. The van der Waals surface area contributed by atoms with Crippen LogP contribution < -0.4 is 5.73 Å². The number of nitrogens with two attached hydrogens (primary N) is 1. The van der Waals surface area contributed by atoms with E-state index in [4.69, 9.17) is 5.73 Å². The summed E-state index contributed by atoms with van der Waals surface area (Å²) in [5.41, 5.74) is 5.73. The van der Waals surface area contributed by atoms with Gasteiger partial charge in [0.2, 0.25) is 0 Å². The highest BCUT2D eigenvalue weighted by Gasteiger charge is 2.26. The Morgan fingerprint density at radius 3 is 2.62 bits per heavy atom. The van der Waals surface area contributed by atoms with E-state index in [0.717, 1.165) is 6.54 Å². The Morgan fingerprint density at radius 2 is 1.92 bits per heavy atom. The fourth-order valence-corrected chi connectivity index (χ4v) is 2.16. The minimum absolute atomic E-state index is 0.439. The van der Waals surface area contributed by atoms with Crippen molar-refractivity contribution in [1.82, 2.24) is 15.0 Å². The molecule has 0 amide bonds. The first-order valence-electron chi connectivity index (χ1n) is 4.97. The maximum Gasteiger partial charge on any atom is 0.0756 e. The smallest absolute Gasteiger partial charge is 0.0756 e. The predicted octanol–water partition coefficient (Wildman–Crippen LogP) is 0.968. The molecule has 0 aromatic carbocycles. The molecule has 1 saturated carbocycles. The Kier molecular flexibility index (Phi) is 2.59. The third-order valence-electron chi connectivity index (χ3n) is 2.90. The molecular formula is C9H16N4. The van der Waals surface area contributed by atoms with E-state index < -0.39 is 0 Å². The molecule has 2 atom stereocenters. The Morgan fingerprint density at radius 1 is 1.23 bits per heavy atom. The monoisotopic (exact) mass is 180 g/mol. The van der Waals surface area contributed by atoms with Crippen LogP contribution in [0.2, 0.25) is 0 Å². The summed E-state index contributed by atoms with van der Waals surface area (Å²) in [5, 5.41) is 8.38. The molecule has 2 unspecified atom stereocenters. The van der Waals surface area contributed by atoms with Gasteiger partial charge < -0.3 is 5.73 Å². The molecular weight excluding hydrogens is 164 g/mol. The Bertz CT molecular complexity index is 244. The Labute approximate surface area is 78.1 Å². The topological polar surface area (TPSA) is 56.7 Å². The zero-order valence-electron chi connectivity index (χ0n) is 7.76. The number of aromatic nitrogens is 3. The lowest BCUT2D eigenvalue weighted by Crippen LogP contribution is -2.30. The third-order valence-corrected chi connectivity index (χ3v) is 2.90. The molecule has 1 aromatic heterocycles. The van der Waals surface area contributed by atoms with Gasteiger partial charge in [-0.05, 0) is 25.3 Å². The standard InChI is InChI=1S/C9H16N4/c10-7-8-3-1-2-4-9(8)13-11-5-6-12-13/h5-6,8-9H,1-4,7,10H2. The highest BCUT2D eigenvalue weighted by atomic mass is 15.5. The zero-order chi connectivity index (χ0) is 9.10. The van der Waals surface area contributed by atoms with Crippen molar-refractivity contribution >= 4 is 0 Å². The SMILES string of the molecule is NCC1CCCCC1n1nccn1. The second-order valence-corrected chi connectivity index (χ2v) is 3.70. The summed E-state index contributed by atoms with van der Waals surface area (Å²) in [4.78, 5) is 1.83. The molecule has 1 heterocycles. The molecule has 72 valence electrons. The molecule has 13 heavy (non-hydrogen) atoms. The number of hydrogen-bond acceptors (Lipinski definition) is 3. The molecule has 1 aliphatic rings. The summed E-state index contributed by atoms with van der Waals surface area (Å²) in [5.74, 6) is 0.571. The predicted molar refractivity (Wildman–Crippen MR) is 50.1 cm³/mol. The van der Waals surface area contributed by atoms with Crippen LogP contribution in [-0.2, 0) is 0 Å². The summed E-state index contributed by atoms with van der Waals surface area (Å²) in [7, 11) is 0. The number of hydrogen-bond donors (Lipinski definition) is 1. The first-order chi connectivity index (χ1) is 6.42. The maximum absolute atomic E-state index is 5.73. The van der Waals surface area contributed by atoms with Crippen LogP contribution in [-0.4, -0.2) is 21.5 Å². The molecule has 2 N–H and O–H groups in total. The summed E-state index contributed by atoms with van der Waals surface area (Å²) >= 11 is 0. The molecule has 1 fully saturated rings. The molecule has 0 radical (unpaired) electrons. The number of nitrogens with zero attached hydrogens (tertiary/aromatic N) is 3. The minimum Gasteiger partial charge on any atom is -0.330 e. The first kappa shape index (κ1) is 8.69. The molecule has 4 nitrogen and oxygen atoms in total. The van der Waals surface area contributed by atoms with Gasteiger partial charge in [0, 0.05) is 0 Å².